The van der Waals surface area contributed by atoms with Gasteiger partial charge in [0.15, 0.2) is 5.17 Å². The van der Waals surface area contributed by atoms with E-state index in [-0.39, 0.29) is 5.91 Å². The number of aliphatic imine (C=N–C) groups is 1. The van der Waals surface area contributed by atoms with Crippen LogP contribution in [-0.4, -0.2) is 53.1 Å². The summed E-state index contributed by atoms with van der Waals surface area (Å²) in [5.74, 6) is -0.0859. The molecule has 4 heterocycles. The van der Waals surface area contributed by atoms with Gasteiger partial charge in [-0.15, -0.1) is 11.3 Å². The van der Waals surface area contributed by atoms with Crippen LogP contribution in [0.5, 0.6) is 0 Å². The zero-order valence-corrected chi connectivity index (χ0v) is 13.3. The molecule has 0 aromatic carbocycles. The first kappa shape index (κ1) is 13.5. The number of hydrogen-bond donors (Lipinski definition) is 0. The van der Waals surface area contributed by atoms with Crippen LogP contribution in [0.3, 0.4) is 0 Å². The highest BCUT2D eigenvalue weighted by Crippen LogP contribution is 2.33. The fourth-order valence-corrected chi connectivity index (χ4v) is 4.87. The molecule has 3 aliphatic heterocycles. The molecule has 1 atom stereocenters. The largest absolute Gasteiger partial charge is 0.348 e. The number of amidine groups is 1. The molecule has 1 aromatic heterocycles. The number of fused-ring (bicyclic) bond motifs is 1. The maximum absolute atomic E-state index is 12.1. The van der Waals surface area contributed by atoms with Gasteiger partial charge in [-0.1, -0.05) is 6.07 Å². The molecule has 6 heteroatoms. The maximum Gasteiger partial charge on any atom is 0.286 e. The predicted octanol–water partition coefficient (Wildman–Crippen LogP) is 2.50. The zero-order chi connectivity index (χ0) is 14.2. The molecule has 2 fully saturated rings. The molecule has 0 spiro atoms. The van der Waals surface area contributed by atoms with E-state index in [4.69, 9.17) is 0 Å². The Labute approximate surface area is 132 Å². The summed E-state index contributed by atoms with van der Waals surface area (Å²) in [6, 6.07) is 4.69. The van der Waals surface area contributed by atoms with Crippen molar-refractivity contribution in [1.82, 2.24) is 9.80 Å². The molecule has 0 saturated carbocycles. The van der Waals surface area contributed by atoms with Gasteiger partial charge in [-0.3, -0.25) is 9.69 Å². The van der Waals surface area contributed by atoms with Crippen LogP contribution >= 0.6 is 23.1 Å². The number of amides is 1. The molecule has 0 radical (unpaired) electrons. The van der Waals surface area contributed by atoms with Gasteiger partial charge in [0.05, 0.1) is 4.91 Å². The summed E-state index contributed by atoms with van der Waals surface area (Å²) < 4.78 is 0. The molecule has 21 heavy (non-hydrogen) atoms. The van der Waals surface area contributed by atoms with Crippen molar-refractivity contribution < 1.29 is 4.79 Å². The molecule has 110 valence electrons. The van der Waals surface area contributed by atoms with Crippen molar-refractivity contribution in [2.75, 3.05) is 26.2 Å². The Morgan fingerprint density at radius 1 is 1.33 bits per heavy atom. The van der Waals surface area contributed by atoms with Gasteiger partial charge in [0.2, 0.25) is 0 Å². The van der Waals surface area contributed by atoms with Crippen molar-refractivity contribution in [2.24, 2.45) is 4.99 Å². The molecule has 4 rings (SSSR count). The van der Waals surface area contributed by atoms with E-state index in [2.05, 4.69) is 14.8 Å². The molecule has 0 bridgehead atoms. The number of rotatable bonds is 1. The number of thiophene rings is 1. The number of nitrogens with zero attached hydrogens (tertiary/aromatic N) is 3. The van der Waals surface area contributed by atoms with Gasteiger partial charge in [0.25, 0.3) is 5.91 Å². The first-order valence-corrected chi connectivity index (χ1v) is 9.04. The number of carbonyl (C=O) groups is 1. The Hall–Kier alpha value is -1.11. The highest BCUT2D eigenvalue weighted by Gasteiger charge is 2.34. The fourth-order valence-electron chi connectivity index (χ4n) is 3.20. The third kappa shape index (κ3) is 2.67. The Morgan fingerprint density at radius 2 is 2.29 bits per heavy atom. The van der Waals surface area contributed by atoms with Crippen LogP contribution in [-0.2, 0) is 4.79 Å². The van der Waals surface area contributed by atoms with Crippen LogP contribution in [0.2, 0.25) is 0 Å². The van der Waals surface area contributed by atoms with Crippen molar-refractivity contribution >= 4 is 40.2 Å². The third-order valence-electron chi connectivity index (χ3n) is 4.28. The zero-order valence-electron chi connectivity index (χ0n) is 11.7. The minimum absolute atomic E-state index is 0.0859. The summed E-state index contributed by atoms with van der Waals surface area (Å²) in [5.41, 5.74) is 0. The molecule has 1 unspecified atom stereocenters. The predicted molar refractivity (Wildman–Crippen MR) is 88.5 cm³/mol. The number of carbonyl (C=O) groups excluding carboxylic acids is 1. The van der Waals surface area contributed by atoms with E-state index in [1.807, 2.05) is 23.6 Å². The maximum atomic E-state index is 12.1. The topological polar surface area (TPSA) is 35.9 Å². The third-order valence-corrected chi connectivity index (χ3v) is 6.15. The van der Waals surface area contributed by atoms with Crippen LogP contribution in [0, 0.1) is 0 Å². The fraction of sp³-hybridized carbons (Fsp3) is 0.467. The summed E-state index contributed by atoms with van der Waals surface area (Å²) in [6.07, 6.45) is 4.54. The molecule has 0 N–H and O–H groups in total. The van der Waals surface area contributed by atoms with Crippen LogP contribution < -0.4 is 0 Å². The summed E-state index contributed by atoms with van der Waals surface area (Å²) in [7, 11) is 0. The molecule has 1 aromatic rings. The quantitative estimate of drug-likeness (QED) is 0.745. The van der Waals surface area contributed by atoms with Gasteiger partial charge in [0.1, 0.15) is 0 Å². The Kier molecular flexibility index (Phi) is 3.61. The van der Waals surface area contributed by atoms with Gasteiger partial charge < -0.3 is 4.90 Å². The smallest absolute Gasteiger partial charge is 0.286 e. The number of piperazine rings is 1. The van der Waals surface area contributed by atoms with E-state index >= 15 is 0 Å². The first-order chi connectivity index (χ1) is 10.3. The lowest BCUT2D eigenvalue weighted by Gasteiger charge is -2.38. The molecule has 1 amide bonds. The van der Waals surface area contributed by atoms with E-state index in [1.165, 1.54) is 31.1 Å². The van der Waals surface area contributed by atoms with Gasteiger partial charge >= 0.3 is 0 Å². The van der Waals surface area contributed by atoms with Gasteiger partial charge in [-0.2, -0.15) is 4.99 Å². The molecular weight excluding hydrogens is 302 g/mol. The van der Waals surface area contributed by atoms with E-state index in [1.54, 1.807) is 11.3 Å². The summed E-state index contributed by atoms with van der Waals surface area (Å²) in [5, 5.41) is 2.92. The normalized spacial score (nSPS) is 28.3. The van der Waals surface area contributed by atoms with Crippen molar-refractivity contribution in [2.45, 2.75) is 18.9 Å². The molecule has 3 aliphatic rings. The van der Waals surface area contributed by atoms with E-state index in [0.29, 0.717) is 6.04 Å². The lowest BCUT2D eigenvalue weighted by Crippen LogP contribution is -2.51. The Balaban J connectivity index is 1.47. The Bertz CT molecular complexity index is 608. The molecular formula is C15H17N3OS2. The minimum Gasteiger partial charge on any atom is -0.348 e. The van der Waals surface area contributed by atoms with Crippen molar-refractivity contribution in [1.29, 1.82) is 0 Å². The minimum atomic E-state index is -0.0859. The van der Waals surface area contributed by atoms with Gasteiger partial charge in [-0.25, -0.2) is 0 Å². The van der Waals surface area contributed by atoms with E-state index < -0.39 is 0 Å². The highest BCUT2D eigenvalue weighted by atomic mass is 32.2. The average molecular weight is 319 g/mol. The van der Waals surface area contributed by atoms with Crippen LogP contribution in [0.25, 0.3) is 6.08 Å². The summed E-state index contributed by atoms with van der Waals surface area (Å²) >= 11 is 3.18. The Morgan fingerprint density at radius 3 is 3.14 bits per heavy atom. The first-order valence-electron chi connectivity index (χ1n) is 7.35. The molecule has 2 saturated heterocycles. The highest BCUT2D eigenvalue weighted by molar-refractivity contribution is 8.18. The van der Waals surface area contributed by atoms with Crippen molar-refractivity contribution in [3.05, 3.63) is 27.3 Å². The van der Waals surface area contributed by atoms with Crippen LogP contribution in [0.1, 0.15) is 17.7 Å². The SMILES string of the molecule is O=C1N=C(N2CCN3CCCC3C2)SC1=Cc1cccs1. The monoisotopic (exact) mass is 319 g/mol. The van der Waals surface area contributed by atoms with Gasteiger partial charge in [-0.05, 0) is 48.7 Å². The summed E-state index contributed by atoms with van der Waals surface area (Å²) in [6.45, 7) is 4.34. The second-order valence-electron chi connectivity index (χ2n) is 5.60. The second-order valence-corrected chi connectivity index (χ2v) is 7.59. The van der Waals surface area contributed by atoms with Gasteiger partial charge in [0, 0.05) is 30.6 Å². The standard InChI is InChI=1S/C15H17N3OS2/c19-14-13(9-12-4-2-8-20-12)21-15(16-14)18-7-6-17-5-1-3-11(17)10-18/h2,4,8-9,11H,1,3,5-7,10H2. The lowest BCUT2D eigenvalue weighted by atomic mass is 10.2. The lowest BCUT2D eigenvalue weighted by molar-refractivity contribution is -0.113. The van der Waals surface area contributed by atoms with Crippen molar-refractivity contribution in [3.63, 3.8) is 0 Å². The number of thioether (sulfide) groups is 1. The van der Waals surface area contributed by atoms with Crippen LogP contribution in [0.15, 0.2) is 27.4 Å². The number of hydrogen-bond acceptors (Lipinski definition) is 5. The second kappa shape index (κ2) is 5.59. The van der Waals surface area contributed by atoms with Crippen LogP contribution in [0.4, 0.5) is 0 Å². The van der Waals surface area contributed by atoms with E-state index in [0.717, 1.165) is 34.6 Å². The average Bonchev–Trinajstić information content (AvgIpc) is 3.20. The van der Waals surface area contributed by atoms with Crippen molar-refractivity contribution in [3.8, 4) is 0 Å². The molecule has 4 nitrogen and oxygen atoms in total. The van der Waals surface area contributed by atoms with E-state index in [9.17, 15) is 4.79 Å². The molecule has 0 aliphatic carbocycles. The summed E-state index contributed by atoms with van der Waals surface area (Å²) in [4.78, 5) is 23.1.